The number of nitrogens with zero attached hydrogens (tertiary/aromatic N) is 2. The number of aliphatic hydroxyl groups excluding tert-OH is 1. The molecule has 0 atom stereocenters. The minimum absolute atomic E-state index is 0.0519. The van der Waals surface area contributed by atoms with Crippen LogP contribution >= 0.6 is 0 Å². The van der Waals surface area contributed by atoms with E-state index >= 15 is 0 Å². The number of anilines is 1. The lowest BCUT2D eigenvalue weighted by Crippen LogP contribution is -2.07. The number of benzene rings is 1. The van der Waals surface area contributed by atoms with Crippen LogP contribution in [0.3, 0.4) is 0 Å². The van der Waals surface area contributed by atoms with Gasteiger partial charge in [0, 0.05) is 12.7 Å². The number of nitrogens with one attached hydrogen (secondary N) is 1. The topological polar surface area (TPSA) is 58.0 Å². The lowest BCUT2D eigenvalue weighted by Gasteiger charge is -2.11. The van der Waals surface area contributed by atoms with Crippen molar-refractivity contribution >= 4 is 5.82 Å². The first-order valence-electron chi connectivity index (χ1n) is 5.92. The average Bonchev–Trinajstić information content (AvgIpc) is 2.40. The van der Waals surface area contributed by atoms with E-state index in [1.165, 1.54) is 0 Å². The van der Waals surface area contributed by atoms with Crippen molar-refractivity contribution in [3.63, 3.8) is 0 Å². The molecule has 18 heavy (non-hydrogen) atoms. The number of aryl methyl sites for hydroxylation is 2. The zero-order valence-electron chi connectivity index (χ0n) is 10.6. The SMILES string of the molecule is Cc1cnc(C)c(NCc2ccccc2CO)n1. The number of hydrogen-bond acceptors (Lipinski definition) is 4. The number of aromatic nitrogens is 2. The lowest BCUT2D eigenvalue weighted by atomic mass is 10.1. The van der Waals surface area contributed by atoms with Gasteiger partial charge in [-0.2, -0.15) is 0 Å². The van der Waals surface area contributed by atoms with Crippen molar-refractivity contribution in [2.75, 3.05) is 5.32 Å². The highest BCUT2D eigenvalue weighted by Gasteiger charge is 2.04. The van der Waals surface area contributed by atoms with Gasteiger partial charge in [-0.15, -0.1) is 0 Å². The predicted molar refractivity (Wildman–Crippen MR) is 71.2 cm³/mol. The third kappa shape index (κ3) is 2.84. The van der Waals surface area contributed by atoms with Crippen molar-refractivity contribution in [1.82, 2.24) is 9.97 Å². The van der Waals surface area contributed by atoms with E-state index in [1.807, 2.05) is 38.1 Å². The van der Waals surface area contributed by atoms with Gasteiger partial charge in [0.1, 0.15) is 5.82 Å². The monoisotopic (exact) mass is 243 g/mol. The summed E-state index contributed by atoms with van der Waals surface area (Å²) in [4.78, 5) is 8.67. The predicted octanol–water partition coefficient (Wildman–Crippen LogP) is 2.20. The first-order chi connectivity index (χ1) is 8.70. The minimum atomic E-state index is 0.0519. The Labute approximate surface area is 107 Å². The molecule has 0 saturated carbocycles. The van der Waals surface area contributed by atoms with Crippen LogP contribution in [0.5, 0.6) is 0 Å². The Bertz CT molecular complexity index is 540. The van der Waals surface area contributed by atoms with Gasteiger partial charge in [0.2, 0.25) is 0 Å². The van der Waals surface area contributed by atoms with E-state index in [4.69, 9.17) is 0 Å². The molecule has 94 valence electrons. The molecule has 4 nitrogen and oxygen atoms in total. The number of aliphatic hydroxyl groups is 1. The van der Waals surface area contributed by atoms with Crippen LogP contribution in [0, 0.1) is 13.8 Å². The van der Waals surface area contributed by atoms with Crippen LogP contribution in [-0.2, 0) is 13.2 Å². The summed E-state index contributed by atoms with van der Waals surface area (Å²) in [6.45, 7) is 4.53. The highest BCUT2D eigenvalue weighted by molar-refractivity contribution is 5.41. The fourth-order valence-corrected chi connectivity index (χ4v) is 1.77. The fourth-order valence-electron chi connectivity index (χ4n) is 1.77. The Morgan fingerprint density at radius 1 is 1.17 bits per heavy atom. The smallest absolute Gasteiger partial charge is 0.148 e. The van der Waals surface area contributed by atoms with Gasteiger partial charge < -0.3 is 10.4 Å². The van der Waals surface area contributed by atoms with E-state index in [2.05, 4.69) is 15.3 Å². The average molecular weight is 243 g/mol. The first kappa shape index (κ1) is 12.5. The molecule has 2 aromatic rings. The van der Waals surface area contributed by atoms with E-state index in [0.29, 0.717) is 6.54 Å². The molecule has 0 aliphatic rings. The second-order valence-corrected chi connectivity index (χ2v) is 4.23. The molecule has 0 amide bonds. The van der Waals surface area contributed by atoms with Gasteiger partial charge >= 0.3 is 0 Å². The van der Waals surface area contributed by atoms with Crippen LogP contribution in [0.1, 0.15) is 22.5 Å². The molecule has 1 aromatic carbocycles. The summed E-state index contributed by atoms with van der Waals surface area (Å²) in [6, 6.07) is 7.81. The minimum Gasteiger partial charge on any atom is -0.392 e. The van der Waals surface area contributed by atoms with E-state index in [9.17, 15) is 5.11 Å². The van der Waals surface area contributed by atoms with Gasteiger partial charge in [0.25, 0.3) is 0 Å². The molecular formula is C14H17N3O. The summed E-state index contributed by atoms with van der Waals surface area (Å²) in [5, 5.41) is 12.5. The van der Waals surface area contributed by atoms with E-state index < -0.39 is 0 Å². The molecule has 0 aliphatic carbocycles. The van der Waals surface area contributed by atoms with E-state index in [0.717, 1.165) is 28.3 Å². The molecule has 4 heteroatoms. The maximum atomic E-state index is 9.26. The summed E-state index contributed by atoms with van der Waals surface area (Å²) in [6.07, 6.45) is 1.75. The van der Waals surface area contributed by atoms with Crippen LogP contribution in [0.25, 0.3) is 0 Å². The number of rotatable bonds is 4. The molecule has 0 spiro atoms. The normalized spacial score (nSPS) is 10.4. The highest BCUT2D eigenvalue weighted by atomic mass is 16.3. The van der Waals surface area contributed by atoms with Gasteiger partial charge in [0.05, 0.1) is 18.0 Å². The van der Waals surface area contributed by atoms with Crippen molar-refractivity contribution in [3.8, 4) is 0 Å². The van der Waals surface area contributed by atoms with Crippen LogP contribution in [0.4, 0.5) is 5.82 Å². The lowest BCUT2D eigenvalue weighted by molar-refractivity contribution is 0.280. The van der Waals surface area contributed by atoms with Crippen LogP contribution in [0.2, 0.25) is 0 Å². The molecule has 0 aliphatic heterocycles. The van der Waals surface area contributed by atoms with Crippen molar-refractivity contribution in [2.24, 2.45) is 0 Å². The summed E-state index contributed by atoms with van der Waals surface area (Å²) in [5.41, 5.74) is 3.77. The second-order valence-electron chi connectivity index (χ2n) is 4.23. The summed E-state index contributed by atoms with van der Waals surface area (Å²) in [5.74, 6) is 0.794. The van der Waals surface area contributed by atoms with Crippen LogP contribution < -0.4 is 5.32 Å². The maximum Gasteiger partial charge on any atom is 0.148 e. The molecule has 0 saturated heterocycles. The Morgan fingerprint density at radius 2 is 1.89 bits per heavy atom. The molecule has 0 unspecified atom stereocenters. The second kappa shape index (κ2) is 5.60. The Kier molecular flexibility index (Phi) is 3.89. The van der Waals surface area contributed by atoms with Gasteiger partial charge in [-0.25, -0.2) is 4.98 Å². The molecule has 0 radical (unpaired) electrons. The van der Waals surface area contributed by atoms with Gasteiger partial charge in [-0.05, 0) is 25.0 Å². The van der Waals surface area contributed by atoms with E-state index in [-0.39, 0.29) is 6.61 Å². The van der Waals surface area contributed by atoms with Gasteiger partial charge in [-0.3, -0.25) is 4.98 Å². The molecular weight excluding hydrogens is 226 g/mol. The third-order valence-corrected chi connectivity index (χ3v) is 2.81. The molecule has 2 rings (SSSR count). The summed E-state index contributed by atoms with van der Waals surface area (Å²) >= 11 is 0. The zero-order valence-corrected chi connectivity index (χ0v) is 10.6. The van der Waals surface area contributed by atoms with Crippen LogP contribution in [0.15, 0.2) is 30.5 Å². The quantitative estimate of drug-likeness (QED) is 0.864. The van der Waals surface area contributed by atoms with Crippen molar-refractivity contribution in [1.29, 1.82) is 0 Å². The standard InChI is InChI=1S/C14H17N3O/c1-10-7-15-11(2)14(17-10)16-8-12-5-3-4-6-13(12)9-18/h3-7,18H,8-9H2,1-2H3,(H,16,17). The molecule has 2 N–H and O–H groups in total. The third-order valence-electron chi connectivity index (χ3n) is 2.81. The largest absolute Gasteiger partial charge is 0.392 e. The fraction of sp³-hybridized carbons (Fsp3) is 0.286. The Hall–Kier alpha value is -1.94. The number of hydrogen-bond donors (Lipinski definition) is 2. The summed E-state index contributed by atoms with van der Waals surface area (Å²) in [7, 11) is 0. The van der Waals surface area contributed by atoms with E-state index in [1.54, 1.807) is 6.20 Å². The van der Waals surface area contributed by atoms with Crippen molar-refractivity contribution < 1.29 is 5.11 Å². The molecule has 1 heterocycles. The highest BCUT2D eigenvalue weighted by Crippen LogP contribution is 2.13. The molecule has 1 aromatic heterocycles. The first-order valence-corrected chi connectivity index (χ1v) is 5.92. The Morgan fingerprint density at radius 3 is 2.61 bits per heavy atom. The van der Waals surface area contributed by atoms with Gasteiger partial charge in [-0.1, -0.05) is 24.3 Å². The maximum absolute atomic E-state index is 9.26. The summed E-state index contributed by atoms with van der Waals surface area (Å²) < 4.78 is 0. The zero-order chi connectivity index (χ0) is 13.0. The Balaban J connectivity index is 2.14. The van der Waals surface area contributed by atoms with Gasteiger partial charge in [0.15, 0.2) is 0 Å². The van der Waals surface area contributed by atoms with Crippen molar-refractivity contribution in [2.45, 2.75) is 27.0 Å². The molecule has 0 fully saturated rings. The molecule has 0 bridgehead atoms. The van der Waals surface area contributed by atoms with Crippen molar-refractivity contribution in [3.05, 3.63) is 53.0 Å². The van der Waals surface area contributed by atoms with Crippen LogP contribution in [-0.4, -0.2) is 15.1 Å².